The molecule has 1 saturated heterocycles. The lowest BCUT2D eigenvalue weighted by atomic mass is 9.86. The summed E-state index contributed by atoms with van der Waals surface area (Å²) >= 11 is 0. The van der Waals surface area contributed by atoms with Crippen LogP contribution in [-0.4, -0.2) is 88.6 Å². The van der Waals surface area contributed by atoms with Crippen LogP contribution in [0.5, 0.6) is 0 Å². The average Bonchev–Trinajstić information content (AvgIpc) is 3.26. The molecule has 2 fully saturated rings. The zero-order valence-electron chi connectivity index (χ0n) is 21.1. The van der Waals surface area contributed by atoms with E-state index < -0.39 is 0 Å². The number of carbonyl (C=O) groups is 3. The van der Waals surface area contributed by atoms with E-state index in [9.17, 15) is 14.4 Å². The van der Waals surface area contributed by atoms with Gasteiger partial charge in [-0.2, -0.15) is 5.26 Å². The minimum absolute atomic E-state index is 0.00608. The highest BCUT2D eigenvalue weighted by molar-refractivity contribution is 5.94. The van der Waals surface area contributed by atoms with Crippen LogP contribution < -0.4 is 4.90 Å². The van der Waals surface area contributed by atoms with Crippen LogP contribution in [0.25, 0.3) is 11.0 Å². The van der Waals surface area contributed by atoms with E-state index in [1.807, 2.05) is 24.1 Å². The molecule has 11 nitrogen and oxygen atoms in total. The molecule has 2 aromatic rings. The summed E-state index contributed by atoms with van der Waals surface area (Å²) in [4.78, 5) is 51.5. The van der Waals surface area contributed by atoms with Gasteiger partial charge in [0.1, 0.15) is 25.2 Å². The highest BCUT2D eigenvalue weighted by Gasteiger charge is 2.33. The molecule has 0 unspecified atom stereocenters. The molecule has 0 spiro atoms. The Morgan fingerprint density at radius 1 is 1.22 bits per heavy atom. The number of aromatic nitrogens is 3. The van der Waals surface area contributed by atoms with Gasteiger partial charge in [-0.15, -0.1) is 0 Å². The first kappa shape index (κ1) is 25.4. The number of amides is 2. The minimum atomic E-state index is -0.281. The highest BCUT2D eigenvalue weighted by Crippen LogP contribution is 2.30. The van der Waals surface area contributed by atoms with Crippen molar-refractivity contribution in [1.82, 2.24) is 24.3 Å². The Labute approximate surface area is 210 Å². The summed E-state index contributed by atoms with van der Waals surface area (Å²) < 4.78 is 6.79. The smallest absolute Gasteiger partial charge is 0.329 e. The molecule has 4 rings (SSSR count). The lowest BCUT2D eigenvalue weighted by Crippen LogP contribution is -2.52. The molecular weight excluding hydrogens is 462 g/mol. The minimum Gasteiger partial charge on any atom is -0.464 e. The Morgan fingerprint density at radius 2 is 2.00 bits per heavy atom. The van der Waals surface area contributed by atoms with Crippen LogP contribution in [0.3, 0.4) is 0 Å². The van der Waals surface area contributed by atoms with Crippen molar-refractivity contribution in [2.75, 3.05) is 45.2 Å². The molecule has 2 aliphatic rings. The molecule has 0 bridgehead atoms. The molecule has 192 valence electrons. The number of rotatable bonds is 7. The summed E-state index contributed by atoms with van der Waals surface area (Å²) in [7, 11) is 3.60. The Bertz CT molecular complexity index is 1170. The van der Waals surface area contributed by atoms with Gasteiger partial charge in [0.2, 0.25) is 5.91 Å². The third-order valence-electron chi connectivity index (χ3n) is 7.44. The van der Waals surface area contributed by atoms with E-state index >= 15 is 0 Å². The number of esters is 1. The zero-order valence-corrected chi connectivity index (χ0v) is 21.1. The highest BCUT2D eigenvalue weighted by atomic mass is 16.5. The Kier molecular flexibility index (Phi) is 7.72. The number of likely N-dealkylation sites (N-methyl/N-ethyl adjacent to an activating group) is 2. The fraction of sp³-hybridized carbons (Fsp3) is 0.600. The number of anilines is 1. The molecule has 11 heteroatoms. The Hall–Kier alpha value is -3.68. The second-order valence-electron chi connectivity index (χ2n) is 9.74. The number of carbonyl (C=O) groups excluding carboxylic acids is 3. The molecule has 1 aliphatic carbocycles. The standard InChI is InChI=1S/C25H33N7O4/c1-17-8-11-31(21(33)7-10-26)15-20(17)30(3)22-19-9-12-32(23(19)28-16-27-22)25(35)29(2)13-14-36-24(34)18-5-4-6-18/h9,12,16-18,20H,4-8,11,13-15H2,1-3H3/t17-,20+/m1/s1. The van der Waals surface area contributed by atoms with Crippen molar-refractivity contribution in [2.24, 2.45) is 11.8 Å². The van der Waals surface area contributed by atoms with Gasteiger partial charge in [-0.3, -0.25) is 14.2 Å². The predicted molar refractivity (Wildman–Crippen MR) is 132 cm³/mol. The fourth-order valence-electron chi connectivity index (χ4n) is 4.81. The molecule has 36 heavy (non-hydrogen) atoms. The number of hydrogen-bond acceptors (Lipinski definition) is 8. The molecule has 0 N–H and O–H groups in total. The van der Waals surface area contributed by atoms with Crippen molar-refractivity contribution in [1.29, 1.82) is 5.26 Å². The zero-order chi connectivity index (χ0) is 25.8. The van der Waals surface area contributed by atoms with Crippen molar-refractivity contribution in [3.05, 3.63) is 18.6 Å². The second-order valence-corrected chi connectivity index (χ2v) is 9.74. The number of piperidine rings is 1. The number of nitrogens with zero attached hydrogens (tertiary/aromatic N) is 7. The lowest BCUT2D eigenvalue weighted by Gasteiger charge is -2.42. The Morgan fingerprint density at radius 3 is 2.69 bits per heavy atom. The van der Waals surface area contributed by atoms with E-state index in [4.69, 9.17) is 10.00 Å². The molecule has 3 heterocycles. The van der Waals surface area contributed by atoms with Crippen LogP contribution in [0.1, 0.15) is 39.0 Å². The summed E-state index contributed by atoms with van der Waals surface area (Å²) in [6.07, 6.45) is 6.64. The van der Waals surface area contributed by atoms with Gasteiger partial charge in [0, 0.05) is 33.4 Å². The molecular formula is C25H33N7O4. The first-order chi connectivity index (χ1) is 17.3. The molecule has 2 atom stereocenters. The summed E-state index contributed by atoms with van der Waals surface area (Å²) in [5.74, 6) is 0.654. The fourth-order valence-corrected chi connectivity index (χ4v) is 4.81. The van der Waals surface area contributed by atoms with E-state index in [1.165, 1.54) is 15.8 Å². The van der Waals surface area contributed by atoms with Gasteiger partial charge in [0.15, 0.2) is 5.65 Å². The third kappa shape index (κ3) is 5.12. The first-order valence-electron chi connectivity index (χ1n) is 12.4. The van der Waals surface area contributed by atoms with Gasteiger partial charge >= 0.3 is 12.0 Å². The monoisotopic (exact) mass is 495 g/mol. The number of nitriles is 1. The maximum atomic E-state index is 13.1. The van der Waals surface area contributed by atoms with Crippen molar-refractivity contribution in [3.8, 4) is 6.07 Å². The van der Waals surface area contributed by atoms with E-state index in [0.717, 1.165) is 31.1 Å². The maximum Gasteiger partial charge on any atom is 0.329 e. The quantitative estimate of drug-likeness (QED) is 0.536. The molecule has 1 aliphatic heterocycles. The topological polar surface area (TPSA) is 125 Å². The average molecular weight is 496 g/mol. The molecule has 2 aromatic heterocycles. The van der Waals surface area contributed by atoms with Gasteiger partial charge in [-0.1, -0.05) is 13.3 Å². The van der Waals surface area contributed by atoms with Crippen LogP contribution >= 0.6 is 0 Å². The van der Waals surface area contributed by atoms with Crippen LogP contribution in [0.4, 0.5) is 10.6 Å². The molecule has 0 radical (unpaired) electrons. The van der Waals surface area contributed by atoms with E-state index in [0.29, 0.717) is 30.5 Å². The van der Waals surface area contributed by atoms with Crippen LogP contribution in [0.2, 0.25) is 0 Å². The lowest BCUT2D eigenvalue weighted by molar-refractivity contribution is -0.151. The largest absolute Gasteiger partial charge is 0.464 e. The first-order valence-corrected chi connectivity index (χ1v) is 12.4. The maximum absolute atomic E-state index is 13.1. The molecule has 2 amide bonds. The van der Waals surface area contributed by atoms with Crippen molar-refractivity contribution in [2.45, 2.75) is 45.1 Å². The van der Waals surface area contributed by atoms with Gasteiger partial charge in [-0.25, -0.2) is 14.8 Å². The summed E-state index contributed by atoms with van der Waals surface area (Å²) in [5, 5.41) is 9.63. The van der Waals surface area contributed by atoms with Crippen molar-refractivity contribution >= 4 is 34.8 Å². The SMILES string of the molecule is C[C@@H]1CCN(C(=O)CC#N)C[C@@H]1N(C)c1ncnc2c1ccn2C(=O)N(C)CCOC(=O)C1CCC1. The van der Waals surface area contributed by atoms with Gasteiger partial charge in [0.05, 0.1) is 30.0 Å². The van der Waals surface area contributed by atoms with Crippen LogP contribution in [0, 0.1) is 23.2 Å². The molecule has 1 saturated carbocycles. The molecule has 0 aromatic carbocycles. The summed E-state index contributed by atoms with van der Waals surface area (Å²) in [6, 6.07) is 3.48. The van der Waals surface area contributed by atoms with Crippen LogP contribution in [0.15, 0.2) is 18.6 Å². The summed E-state index contributed by atoms with van der Waals surface area (Å²) in [5.41, 5.74) is 0.482. The van der Waals surface area contributed by atoms with E-state index in [-0.39, 0.29) is 49.4 Å². The van der Waals surface area contributed by atoms with Gasteiger partial charge in [-0.05, 0) is 31.2 Å². The van der Waals surface area contributed by atoms with Crippen molar-refractivity contribution < 1.29 is 19.1 Å². The summed E-state index contributed by atoms with van der Waals surface area (Å²) in [6.45, 7) is 3.72. The van der Waals surface area contributed by atoms with Crippen LogP contribution in [-0.2, 0) is 14.3 Å². The number of ether oxygens (including phenoxy) is 1. The Balaban J connectivity index is 1.46. The van der Waals surface area contributed by atoms with Gasteiger partial charge < -0.3 is 19.4 Å². The van der Waals surface area contributed by atoms with E-state index in [2.05, 4.69) is 16.9 Å². The third-order valence-corrected chi connectivity index (χ3v) is 7.44. The number of likely N-dealkylation sites (tertiary alicyclic amines) is 1. The second kappa shape index (κ2) is 10.9. The predicted octanol–water partition coefficient (Wildman–Crippen LogP) is 2.26. The number of fused-ring (bicyclic) bond motifs is 1. The normalized spacial score (nSPS) is 19.9. The number of hydrogen-bond donors (Lipinski definition) is 0. The van der Waals surface area contributed by atoms with E-state index in [1.54, 1.807) is 18.1 Å². The van der Waals surface area contributed by atoms with Crippen molar-refractivity contribution in [3.63, 3.8) is 0 Å². The van der Waals surface area contributed by atoms with Gasteiger partial charge in [0.25, 0.3) is 0 Å².